The maximum Gasteiger partial charge on any atom is 0.410 e. The van der Waals surface area contributed by atoms with Crippen molar-refractivity contribution in [2.24, 2.45) is 17.6 Å². The quantitative estimate of drug-likeness (QED) is 0.0953. The maximum absolute atomic E-state index is 14.3. The third-order valence-electron chi connectivity index (χ3n) is 8.15. The monoisotopic (exact) mass is 689 g/mol. The third kappa shape index (κ3) is 9.67. The molecule has 1 aromatic heterocycles. The predicted molar refractivity (Wildman–Crippen MR) is 189 cm³/mol. The lowest BCUT2D eigenvalue weighted by Gasteiger charge is -2.35. The largest absolute Gasteiger partial charge is 0.427 e. The highest BCUT2D eigenvalue weighted by Gasteiger charge is 2.33. The van der Waals surface area contributed by atoms with Gasteiger partial charge in [-0.05, 0) is 61.1 Å². The minimum absolute atomic E-state index is 0.128. The topological polar surface area (TPSA) is 146 Å². The zero-order chi connectivity index (χ0) is 35.7. The summed E-state index contributed by atoms with van der Waals surface area (Å²) in [7, 11) is 0. The van der Waals surface area contributed by atoms with E-state index in [1.807, 2.05) is 63.2 Å². The Morgan fingerprint density at radius 1 is 0.959 bits per heavy atom. The molecule has 49 heavy (non-hydrogen) atoms. The normalized spacial score (nSPS) is 12.5. The van der Waals surface area contributed by atoms with Crippen LogP contribution in [0.25, 0.3) is 10.9 Å². The molecule has 1 heterocycles. The van der Waals surface area contributed by atoms with Gasteiger partial charge < -0.3 is 25.4 Å². The summed E-state index contributed by atoms with van der Waals surface area (Å²) in [5, 5.41) is 3.49. The van der Waals surface area contributed by atoms with Crippen LogP contribution in [0.4, 0.5) is 4.79 Å². The molecule has 11 nitrogen and oxygen atoms in total. The molecule has 4 rings (SSSR count). The van der Waals surface area contributed by atoms with Crippen LogP contribution in [0.15, 0.2) is 77.6 Å². The summed E-state index contributed by atoms with van der Waals surface area (Å²) in [6, 6.07) is 20.4. The molecule has 0 radical (unpaired) electrons. The van der Waals surface area contributed by atoms with E-state index >= 15 is 0 Å². The first kappa shape index (κ1) is 37.1. The zero-order valence-electron chi connectivity index (χ0n) is 28.5. The Hall–Kier alpha value is -4.74. The lowest BCUT2D eigenvalue weighted by Crippen LogP contribution is -2.42. The Morgan fingerprint density at radius 2 is 1.65 bits per heavy atom. The van der Waals surface area contributed by atoms with Gasteiger partial charge in [-0.1, -0.05) is 87.3 Å². The van der Waals surface area contributed by atoms with Gasteiger partial charge in [0.25, 0.3) is 11.5 Å². The highest BCUT2D eigenvalue weighted by molar-refractivity contribution is 6.31. The molecular formula is C37H44ClN5O6. The van der Waals surface area contributed by atoms with Gasteiger partial charge in [0, 0.05) is 23.7 Å². The molecule has 0 fully saturated rings. The summed E-state index contributed by atoms with van der Waals surface area (Å²) in [4.78, 5) is 59.4. The number of aromatic nitrogens is 2. The van der Waals surface area contributed by atoms with Crippen LogP contribution < -0.4 is 16.6 Å². The average Bonchev–Trinajstić information content (AvgIpc) is 3.07. The van der Waals surface area contributed by atoms with Crippen molar-refractivity contribution in [1.82, 2.24) is 19.8 Å². The molecule has 3 aromatic carbocycles. The molecule has 0 saturated heterocycles. The van der Waals surface area contributed by atoms with Gasteiger partial charge in [-0.15, -0.1) is 0 Å². The van der Waals surface area contributed by atoms with E-state index in [0.717, 1.165) is 11.1 Å². The fourth-order valence-corrected chi connectivity index (χ4v) is 5.55. The van der Waals surface area contributed by atoms with E-state index in [1.54, 1.807) is 53.6 Å². The molecule has 2 unspecified atom stereocenters. The lowest BCUT2D eigenvalue weighted by atomic mass is 9.98. The number of benzene rings is 3. The van der Waals surface area contributed by atoms with Crippen molar-refractivity contribution < 1.29 is 23.9 Å². The molecule has 0 bridgehead atoms. The van der Waals surface area contributed by atoms with Crippen LogP contribution in [0.1, 0.15) is 67.5 Å². The number of fused-ring (bicyclic) bond motifs is 1. The van der Waals surface area contributed by atoms with Gasteiger partial charge in [0.2, 0.25) is 6.79 Å². The number of nitrogens with one attached hydrogen (secondary N) is 1. The summed E-state index contributed by atoms with van der Waals surface area (Å²) in [5.41, 5.74) is 8.34. The number of ether oxygens (including phenoxy) is 2. The second-order valence-corrected chi connectivity index (χ2v) is 13.1. The Labute approximate surface area is 291 Å². The Morgan fingerprint density at radius 3 is 2.31 bits per heavy atom. The van der Waals surface area contributed by atoms with Crippen molar-refractivity contribution >= 4 is 40.5 Å². The number of carbonyl (C=O) groups excluding carboxylic acids is 3. The first-order chi connectivity index (χ1) is 23.4. The smallest absolute Gasteiger partial charge is 0.410 e. The van der Waals surface area contributed by atoms with Crippen LogP contribution in [0.3, 0.4) is 0 Å². The number of nitrogens with two attached hydrogens (primary N) is 1. The van der Waals surface area contributed by atoms with Crippen molar-refractivity contribution in [3.8, 4) is 0 Å². The summed E-state index contributed by atoms with van der Waals surface area (Å²) >= 11 is 6.34. The Kier molecular flexibility index (Phi) is 12.9. The summed E-state index contributed by atoms with van der Waals surface area (Å²) in [6.45, 7) is 9.49. The number of halogens is 1. The lowest BCUT2D eigenvalue weighted by molar-refractivity contribution is -0.154. The summed E-state index contributed by atoms with van der Waals surface area (Å²) < 4.78 is 11.5. The highest BCUT2D eigenvalue weighted by Crippen LogP contribution is 2.31. The number of amides is 2. The van der Waals surface area contributed by atoms with E-state index in [4.69, 9.17) is 31.8 Å². The van der Waals surface area contributed by atoms with Crippen molar-refractivity contribution in [2.45, 2.75) is 59.7 Å². The third-order valence-corrected chi connectivity index (χ3v) is 8.38. The fourth-order valence-electron chi connectivity index (χ4n) is 5.38. The number of alkyl carbamates (subject to hydrolysis) is 1. The molecule has 0 aliphatic heterocycles. The summed E-state index contributed by atoms with van der Waals surface area (Å²) in [6.07, 6.45) is -0.441. The van der Waals surface area contributed by atoms with Crippen LogP contribution >= 0.6 is 11.6 Å². The average molecular weight is 690 g/mol. The molecule has 2 amide bonds. The van der Waals surface area contributed by atoms with Crippen LogP contribution in [0.5, 0.6) is 0 Å². The van der Waals surface area contributed by atoms with Gasteiger partial charge in [-0.25, -0.2) is 9.78 Å². The van der Waals surface area contributed by atoms with Gasteiger partial charge in [0.15, 0.2) is 0 Å². The minimum Gasteiger partial charge on any atom is -0.427 e. The van der Waals surface area contributed by atoms with Crippen molar-refractivity contribution in [1.29, 1.82) is 0 Å². The summed E-state index contributed by atoms with van der Waals surface area (Å²) in [5.74, 6) is -0.792. The predicted octanol–water partition coefficient (Wildman–Crippen LogP) is 5.85. The molecule has 3 N–H and O–H groups in total. The van der Waals surface area contributed by atoms with Gasteiger partial charge in [-0.3, -0.25) is 19.0 Å². The van der Waals surface area contributed by atoms with Crippen LogP contribution in [0.2, 0.25) is 5.02 Å². The van der Waals surface area contributed by atoms with E-state index < -0.39 is 30.9 Å². The van der Waals surface area contributed by atoms with E-state index in [1.165, 1.54) is 0 Å². The Bertz CT molecular complexity index is 1810. The standard InChI is InChI=1S/C37H44ClN5O6/c1-23(2)31(39)36(46)48-22-49-37(47)40-18-9-19-42(34(44)27-14-12-25(5)13-15-27)32(24(3)4)33-41-30-20-28(38)16-17-29(30)35(45)43(33)21-26-10-7-6-8-11-26/h6-8,10-17,20,23-24,31-32H,9,18-19,21-22,39H2,1-5H3,(H,40,47). The molecule has 12 heteroatoms. The highest BCUT2D eigenvalue weighted by atomic mass is 35.5. The van der Waals surface area contributed by atoms with Gasteiger partial charge in [0.1, 0.15) is 11.9 Å². The SMILES string of the molecule is Cc1ccc(C(=O)N(CCCNC(=O)OCOC(=O)C(N)C(C)C)C(c2nc3cc(Cl)ccc3c(=O)n2Cc2ccccc2)C(C)C)cc1. The van der Waals surface area contributed by atoms with Gasteiger partial charge in [0.05, 0.1) is 23.5 Å². The maximum atomic E-state index is 14.3. The fraction of sp³-hybridized carbons (Fsp3) is 0.378. The molecule has 4 aromatic rings. The number of aryl methyl sites for hydroxylation is 1. The molecule has 0 saturated carbocycles. The van der Waals surface area contributed by atoms with Crippen LogP contribution in [-0.4, -0.2) is 58.3 Å². The van der Waals surface area contributed by atoms with E-state index in [-0.39, 0.29) is 42.9 Å². The molecular weight excluding hydrogens is 646 g/mol. The van der Waals surface area contributed by atoms with Crippen molar-refractivity contribution in [3.05, 3.63) is 111 Å². The van der Waals surface area contributed by atoms with E-state index in [0.29, 0.717) is 33.7 Å². The number of rotatable bonds is 14. The number of hydrogen-bond donors (Lipinski definition) is 2. The van der Waals surface area contributed by atoms with Crippen molar-refractivity contribution in [2.75, 3.05) is 19.9 Å². The van der Waals surface area contributed by atoms with Gasteiger partial charge >= 0.3 is 12.1 Å². The second kappa shape index (κ2) is 17.1. The second-order valence-electron chi connectivity index (χ2n) is 12.6. The molecule has 2 atom stereocenters. The first-order valence-electron chi connectivity index (χ1n) is 16.3. The molecule has 0 aliphatic carbocycles. The van der Waals surface area contributed by atoms with E-state index in [2.05, 4.69) is 5.32 Å². The first-order valence-corrected chi connectivity index (χ1v) is 16.7. The molecule has 0 spiro atoms. The number of hydrogen-bond acceptors (Lipinski definition) is 8. The van der Waals surface area contributed by atoms with Crippen molar-refractivity contribution in [3.63, 3.8) is 0 Å². The molecule has 260 valence electrons. The van der Waals surface area contributed by atoms with Gasteiger partial charge in [-0.2, -0.15) is 0 Å². The molecule has 0 aliphatic rings. The van der Waals surface area contributed by atoms with E-state index in [9.17, 15) is 19.2 Å². The van der Waals surface area contributed by atoms with Crippen LogP contribution in [0, 0.1) is 18.8 Å². The number of nitrogens with zero attached hydrogens (tertiary/aromatic N) is 3. The number of carbonyl (C=O) groups is 3. The minimum atomic E-state index is -0.823. The Balaban J connectivity index is 1.64. The zero-order valence-corrected chi connectivity index (χ0v) is 29.3. The number of esters is 1. The van der Waals surface area contributed by atoms with Crippen LogP contribution in [-0.2, 0) is 20.8 Å².